The van der Waals surface area contributed by atoms with Crippen LogP contribution >= 0.6 is 10.7 Å². The van der Waals surface area contributed by atoms with Gasteiger partial charge in [-0.3, -0.25) is 0 Å². The lowest BCUT2D eigenvalue weighted by atomic mass is 10.0. The van der Waals surface area contributed by atoms with Gasteiger partial charge in [-0.05, 0) is 38.2 Å². The fourth-order valence-corrected chi connectivity index (χ4v) is 5.12. The Kier molecular flexibility index (Phi) is 3.44. The normalized spacial score (nSPS) is 16.3. The van der Waals surface area contributed by atoms with Gasteiger partial charge in [0.2, 0.25) is 15.6 Å². The molecule has 112 valence electrons. The molecule has 1 aliphatic rings. The molecule has 0 fully saturated rings. The van der Waals surface area contributed by atoms with Crippen LogP contribution in [0.4, 0.5) is 0 Å². The summed E-state index contributed by atoms with van der Waals surface area (Å²) in [5.74, 6) is 0. The van der Waals surface area contributed by atoms with Crippen LogP contribution in [0.5, 0.6) is 0 Å². The van der Waals surface area contributed by atoms with E-state index in [0.29, 0.717) is 0 Å². The fraction of sp³-hybridized carbons (Fsp3) is 0.222. The summed E-state index contributed by atoms with van der Waals surface area (Å²) in [5.41, 5.74) is 5.17. The van der Waals surface area contributed by atoms with Gasteiger partial charge >= 0.3 is 0 Å². The molecule has 0 N–H and O–H groups in total. The average molecular weight is 330 g/mol. The van der Waals surface area contributed by atoms with Gasteiger partial charge in [-0.15, -0.1) is 3.97 Å². The van der Waals surface area contributed by atoms with Gasteiger partial charge in [0.25, 0.3) is 10.3 Å². The summed E-state index contributed by atoms with van der Waals surface area (Å²) >= 11 is 0. The zero-order valence-corrected chi connectivity index (χ0v) is 14.3. The highest BCUT2D eigenvalue weighted by Crippen LogP contribution is 2.43. The van der Waals surface area contributed by atoms with Crippen LogP contribution in [-0.4, -0.2) is 29.5 Å². The number of hydrogen-bond acceptors (Lipinski definition) is 1. The van der Waals surface area contributed by atoms with E-state index in [4.69, 9.17) is 10.7 Å². The first-order chi connectivity index (χ1) is 10.6. The van der Waals surface area contributed by atoms with Gasteiger partial charge in [0, 0.05) is 29.1 Å². The summed E-state index contributed by atoms with van der Waals surface area (Å²) in [7, 11) is 10.6. The molecule has 1 aliphatic heterocycles. The lowest BCUT2D eigenvalue weighted by molar-refractivity contribution is 0.413. The molecule has 0 radical (unpaired) electrons. The van der Waals surface area contributed by atoms with Crippen molar-refractivity contribution in [2.75, 3.05) is 20.6 Å². The second-order valence-corrected chi connectivity index (χ2v) is 8.19. The number of para-hydroxylation sites is 1. The number of hydrogen-bond donors (Lipinski definition) is 0. The first-order valence-corrected chi connectivity index (χ1v) is 9.45. The maximum absolute atomic E-state index is 6.80. The molecule has 4 rings (SSSR count). The Morgan fingerprint density at radius 1 is 1.09 bits per heavy atom. The summed E-state index contributed by atoms with van der Waals surface area (Å²) in [6.07, 6.45) is 3.25. The summed E-state index contributed by atoms with van der Waals surface area (Å²) in [5, 5.41) is 1.29. The lowest BCUT2D eigenvalue weighted by Crippen LogP contribution is -2.15. The van der Waals surface area contributed by atoms with Gasteiger partial charge in [0.1, 0.15) is 5.52 Å². The number of benzene rings is 2. The van der Waals surface area contributed by atoms with Gasteiger partial charge in [0.15, 0.2) is 0 Å². The van der Waals surface area contributed by atoms with Gasteiger partial charge in [0.05, 0.1) is 6.20 Å². The molecule has 22 heavy (non-hydrogen) atoms. The average Bonchev–Trinajstić information content (AvgIpc) is 2.87. The molecule has 1 unspecified atom stereocenters. The van der Waals surface area contributed by atoms with E-state index >= 15 is 0 Å². The van der Waals surface area contributed by atoms with Crippen LogP contribution in [0.15, 0.2) is 53.6 Å². The minimum Gasteiger partial charge on any atom is -0.309 e. The van der Waals surface area contributed by atoms with Crippen molar-refractivity contribution in [2.24, 2.45) is 0 Å². The second-order valence-electron chi connectivity index (χ2n) is 6.01. The Balaban J connectivity index is 1.83. The molecule has 1 aromatic heterocycles. The van der Waals surface area contributed by atoms with Gasteiger partial charge in [-0.25, -0.2) is 0 Å². The van der Waals surface area contributed by atoms with Gasteiger partial charge in [-0.1, -0.05) is 24.3 Å². The van der Waals surface area contributed by atoms with Crippen molar-refractivity contribution >= 4 is 31.9 Å². The molecule has 2 heterocycles. The minimum atomic E-state index is -0.432. The van der Waals surface area contributed by atoms with Crippen LogP contribution in [0.1, 0.15) is 5.56 Å². The van der Waals surface area contributed by atoms with E-state index in [1.165, 1.54) is 32.5 Å². The van der Waals surface area contributed by atoms with Crippen molar-refractivity contribution in [3.8, 4) is 11.1 Å². The third kappa shape index (κ3) is 2.16. The predicted octanol–water partition coefficient (Wildman–Crippen LogP) is 4.32. The van der Waals surface area contributed by atoms with E-state index in [1.54, 1.807) is 0 Å². The lowest BCUT2D eigenvalue weighted by Gasteiger charge is -2.12. The van der Waals surface area contributed by atoms with Crippen LogP contribution in [0.2, 0.25) is 0 Å². The largest absolute Gasteiger partial charge is 0.309 e. The molecule has 0 spiro atoms. The molecule has 0 saturated carbocycles. The van der Waals surface area contributed by atoms with Crippen molar-refractivity contribution in [3.05, 3.63) is 54.2 Å². The summed E-state index contributed by atoms with van der Waals surface area (Å²) in [4.78, 5) is 3.47. The summed E-state index contributed by atoms with van der Waals surface area (Å²) in [6.45, 7) is 1.06. The molecule has 3 aromatic rings. The third-order valence-corrected chi connectivity index (χ3v) is 6.51. The highest BCUT2D eigenvalue weighted by molar-refractivity contribution is 8.17. The van der Waals surface area contributed by atoms with Crippen molar-refractivity contribution in [3.63, 3.8) is 0 Å². The maximum atomic E-state index is 6.80. The zero-order chi connectivity index (χ0) is 15.3. The minimum absolute atomic E-state index is 0.432. The number of rotatable bonds is 3. The number of halogens is 1. The van der Waals surface area contributed by atoms with E-state index in [-0.39, 0.29) is 0 Å². The van der Waals surface area contributed by atoms with E-state index in [9.17, 15) is 0 Å². The zero-order valence-electron chi connectivity index (χ0n) is 12.7. The van der Waals surface area contributed by atoms with Crippen molar-refractivity contribution in [1.82, 2.24) is 8.87 Å². The fourth-order valence-electron chi connectivity index (χ4n) is 3.04. The van der Waals surface area contributed by atoms with Crippen molar-refractivity contribution in [2.45, 2.75) is 11.3 Å². The maximum Gasteiger partial charge on any atom is 0.261 e. The van der Waals surface area contributed by atoms with Crippen LogP contribution in [0.25, 0.3) is 22.0 Å². The Bertz CT molecular complexity index is 853. The molecular weight excluding hydrogens is 312 g/mol. The highest BCUT2D eigenvalue weighted by Gasteiger charge is 2.36. The van der Waals surface area contributed by atoms with Gasteiger partial charge < -0.3 is 4.90 Å². The van der Waals surface area contributed by atoms with Crippen LogP contribution in [0.3, 0.4) is 0 Å². The SMILES string of the molecule is CN(C)CCc1ccc2c(c1)[S+](Cl)n1cc-2c2ccccc21. The Labute approximate surface area is 138 Å². The molecular formula is C18H18ClN2S+. The Hall–Kier alpha value is -1.42. The predicted molar refractivity (Wildman–Crippen MR) is 96.5 cm³/mol. The second kappa shape index (κ2) is 5.34. The number of fused-ring (bicyclic) bond motifs is 7. The van der Waals surface area contributed by atoms with Crippen molar-refractivity contribution < 1.29 is 0 Å². The first-order valence-electron chi connectivity index (χ1n) is 7.44. The Morgan fingerprint density at radius 3 is 2.73 bits per heavy atom. The quantitative estimate of drug-likeness (QED) is 0.650. The van der Waals surface area contributed by atoms with E-state index in [2.05, 4.69) is 71.6 Å². The summed E-state index contributed by atoms with van der Waals surface area (Å²) in [6, 6.07) is 15.3. The number of aromatic nitrogens is 1. The Morgan fingerprint density at radius 2 is 1.91 bits per heavy atom. The van der Waals surface area contributed by atoms with E-state index in [0.717, 1.165) is 13.0 Å². The molecule has 0 amide bonds. The molecule has 4 heteroatoms. The molecule has 2 aromatic carbocycles. The third-order valence-electron chi connectivity index (χ3n) is 4.22. The van der Waals surface area contributed by atoms with E-state index in [1.807, 2.05) is 0 Å². The molecule has 0 saturated heterocycles. The standard InChI is InChI=1S/C18H18ClN2S/c1-20(2)10-9-13-7-8-15-16-12-21(22(19)18(15)11-13)17-6-4-3-5-14(16)17/h3-8,11-12H,9-10H2,1-2H3/q+1. The van der Waals surface area contributed by atoms with E-state index < -0.39 is 10.3 Å². The summed E-state index contributed by atoms with van der Waals surface area (Å²) < 4.78 is 2.21. The molecule has 2 bridgehead atoms. The highest BCUT2D eigenvalue weighted by atomic mass is 35.7. The monoisotopic (exact) mass is 329 g/mol. The molecule has 1 atom stereocenters. The first kappa shape index (κ1) is 14.2. The molecule has 0 aliphatic carbocycles. The van der Waals surface area contributed by atoms with Crippen LogP contribution in [0, 0.1) is 0 Å². The molecule has 2 nitrogen and oxygen atoms in total. The number of likely N-dealkylation sites (N-methyl/N-ethyl adjacent to an activating group) is 1. The van der Waals surface area contributed by atoms with Crippen molar-refractivity contribution in [1.29, 1.82) is 0 Å². The smallest absolute Gasteiger partial charge is 0.261 e. The topological polar surface area (TPSA) is 8.17 Å². The number of nitrogens with zero attached hydrogens (tertiary/aromatic N) is 2. The van der Waals surface area contributed by atoms with Gasteiger partial charge in [-0.2, -0.15) is 0 Å². The van der Waals surface area contributed by atoms with Crippen LogP contribution < -0.4 is 0 Å². The van der Waals surface area contributed by atoms with Crippen LogP contribution in [-0.2, 0) is 16.7 Å².